The molecule has 1 saturated heterocycles. The molecule has 1 aromatic rings. The molecule has 1 aliphatic rings. The molecule has 0 atom stereocenters. The lowest BCUT2D eigenvalue weighted by Gasteiger charge is -2.26. The molecule has 1 aromatic carbocycles. The summed E-state index contributed by atoms with van der Waals surface area (Å²) < 4.78 is 5.35. The number of hydrogen-bond donors (Lipinski definition) is 1. The van der Waals surface area contributed by atoms with Crippen LogP contribution in [0.4, 0.5) is 5.69 Å². The molecule has 0 bridgehead atoms. The van der Waals surface area contributed by atoms with Gasteiger partial charge in [-0.2, -0.15) is 5.10 Å². The molecule has 1 fully saturated rings. The number of hydrogen-bond acceptors (Lipinski definition) is 7. The minimum absolute atomic E-state index is 0.0384. The van der Waals surface area contributed by atoms with Gasteiger partial charge in [0, 0.05) is 43.8 Å². The summed E-state index contributed by atoms with van der Waals surface area (Å²) in [4.78, 5) is 12.9. The first-order valence-corrected chi connectivity index (χ1v) is 9.16. The smallest absolute Gasteiger partial charge is 0.270 e. The van der Waals surface area contributed by atoms with Gasteiger partial charge in [-0.25, -0.2) is 0 Å². The molecule has 8 nitrogen and oxygen atoms in total. The van der Waals surface area contributed by atoms with E-state index in [9.17, 15) is 10.1 Å². The van der Waals surface area contributed by atoms with Crippen LogP contribution >= 0.6 is 11.8 Å². The van der Waals surface area contributed by atoms with Gasteiger partial charge >= 0.3 is 0 Å². The van der Waals surface area contributed by atoms with Crippen molar-refractivity contribution in [2.75, 3.05) is 38.6 Å². The molecule has 2 rings (SSSR count). The van der Waals surface area contributed by atoms with Crippen molar-refractivity contribution >= 4 is 28.3 Å². The summed E-state index contributed by atoms with van der Waals surface area (Å²) in [5, 5.41) is 19.7. The van der Waals surface area contributed by atoms with Crippen LogP contribution in [-0.2, 0) is 4.74 Å². The van der Waals surface area contributed by atoms with Crippen LogP contribution in [0, 0.1) is 10.1 Å². The van der Waals surface area contributed by atoms with Crippen molar-refractivity contribution in [3.8, 4) is 0 Å². The van der Waals surface area contributed by atoms with E-state index in [0.717, 1.165) is 38.6 Å². The van der Waals surface area contributed by atoms with E-state index in [0.29, 0.717) is 22.9 Å². The highest BCUT2D eigenvalue weighted by atomic mass is 32.2. The van der Waals surface area contributed by atoms with Crippen LogP contribution in [0.15, 0.2) is 34.5 Å². The normalized spacial score (nSPS) is 16.8. The summed E-state index contributed by atoms with van der Waals surface area (Å²) in [6.45, 7) is 5.97. The Morgan fingerprint density at radius 3 is 2.84 bits per heavy atom. The first-order chi connectivity index (χ1) is 12.1. The van der Waals surface area contributed by atoms with Crippen LogP contribution in [0.25, 0.3) is 0 Å². The molecule has 9 heteroatoms. The lowest BCUT2D eigenvalue weighted by molar-refractivity contribution is -0.384. The summed E-state index contributed by atoms with van der Waals surface area (Å²) in [5.74, 6) is 0.810. The van der Waals surface area contributed by atoms with Gasteiger partial charge in [-0.3, -0.25) is 15.0 Å². The Morgan fingerprint density at radius 2 is 2.16 bits per heavy atom. The third kappa shape index (κ3) is 6.45. The molecule has 1 aliphatic heterocycles. The number of ether oxygens (including phenoxy) is 1. The van der Waals surface area contributed by atoms with E-state index in [-0.39, 0.29) is 5.69 Å². The van der Waals surface area contributed by atoms with Gasteiger partial charge in [-0.1, -0.05) is 30.8 Å². The van der Waals surface area contributed by atoms with Crippen LogP contribution in [-0.4, -0.2) is 59.3 Å². The molecule has 0 aromatic heterocycles. The summed E-state index contributed by atoms with van der Waals surface area (Å²) >= 11 is 1.41. The molecule has 0 amide bonds. The monoisotopic (exact) mass is 365 g/mol. The van der Waals surface area contributed by atoms with E-state index in [2.05, 4.69) is 15.1 Å². The van der Waals surface area contributed by atoms with Crippen molar-refractivity contribution in [2.24, 2.45) is 15.9 Å². The maximum atomic E-state index is 11.0. The fraction of sp³-hybridized carbons (Fsp3) is 0.500. The average molecular weight is 365 g/mol. The van der Waals surface area contributed by atoms with E-state index in [4.69, 9.17) is 10.5 Å². The van der Waals surface area contributed by atoms with E-state index >= 15 is 0 Å². The van der Waals surface area contributed by atoms with E-state index < -0.39 is 4.92 Å². The number of non-ortho nitro benzene ring substituents is 1. The zero-order valence-corrected chi connectivity index (χ0v) is 15.1. The summed E-state index contributed by atoms with van der Waals surface area (Å²) in [7, 11) is 0. The maximum absolute atomic E-state index is 11.0. The molecular formula is C16H23N5O3S. The fourth-order valence-electron chi connectivity index (χ4n) is 2.43. The molecule has 0 saturated carbocycles. The van der Waals surface area contributed by atoms with Crippen molar-refractivity contribution in [3.63, 3.8) is 0 Å². The van der Waals surface area contributed by atoms with Crippen molar-refractivity contribution in [1.29, 1.82) is 0 Å². The predicted molar refractivity (Wildman–Crippen MR) is 101 cm³/mol. The summed E-state index contributed by atoms with van der Waals surface area (Å²) in [6.07, 6.45) is 0.634. The third-order valence-corrected chi connectivity index (χ3v) is 4.39. The number of nitro groups is 1. The Hall–Kier alpha value is -1.97. The Balaban J connectivity index is 2.18. The number of rotatable bonds is 7. The molecule has 2 N–H and O–H groups in total. The lowest BCUT2D eigenvalue weighted by Crippen LogP contribution is -2.37. The molecule has 1 heterocycles. The highest BCUT2D eigenvalue weighted by Crippen LogP contribution is 2.16. The zero-order valence-electron chi connectivity index (χ0n) is 14.3. The van der Waals surface area contributed by atoms with Crippen molar-refractivity contribution in [1.82, 2.24) is 4.90 Å². The van der Waals surface area contributed by atoms with E-state index in [1.165, 1.54) is 23.9 Å². The molecule has 0 radical (unpaired) electrons. The van der Waals surface area contributed by atoms with Crippen molar-refractivity contribution < 1.29 is 9.66 Å². The Kier molecular flexibility index (Phi) is 7.83. The van der Waals surface area contributed by atoms with Gasteiger partial charge in [0.1, 0.15) is 0 Å². The third-order valence-electron chi connectivity index (χ3n) is 3.72. The number of thioether (sulfide) groups is 1. The van der Waals surface area contributed by atoms with Crippen molar-refractivity contribution in [3.05, 3.63) is 39.9 Å². The van der Waals surface area contributed by atoms with Crippen LogP contribution in [0.5, 0.6) is 0 Å². The number of morpholine rings is 1. The number of nitro benzene ring substituents is 1. The van der Waals surface area contributed by atoms with Crippen LogP contribution in [0.1, 0.15) is 18.9 Å². The average Bonchev–Trinajstić information content (AvgIpc) is 2.63. The van der Waals surface area contributed by atoms with Crippen LogP contribution in [0.2, 0.25) is 0 Å². The predicted octanol–water partition coefficient (Wildman–Crippen LogP) is 2.09. The second kappa shape index (κ2) is 10.1. The van der Waals surface area contributed by atoms with Gasteiger partial charge in [-0.05, 0) is 5.75 Å². The Morgan fingerprint density at radius 1 is 1.40 bits per heavy atom. The summed E-state index contributed by atoms with van der Waals surface area (Å²) in [5.41, 5.74) is 7.22. The van der Waals surface area contributed by atoms with Gasteiger partial charge in [0.2, 0.25) is 0 Å². The highest BCUT2D eigenvalue weighted by Gasteiger charge is 2.14. The Bertz CT molecular complexity index is 644. The first kappa shape index (κ1) is 19.4. The Labute approximate surface area is 151 Å². The number of nitrogens with zero attached hydrogens (tertiary/aromatic N) is 4. The van der Waals surface area contributed by atoms with Crippen LogP contribution in [0.3, 0.4) is 0 Å². The number of amidine groups is 1. The van der Waals surface area contributed by atoms with Gasteiger partial charge < -0.3 is 10.5 Å². The lowest BCUT2D eigenvalue weighted by atomic mass is 10.1. The minimum atomic E-state index is -0.409. The molecule has 0 unspecified atom stereocenters. The topological polar surface area (TPSA) is 106 Å². The number of nitrogens with two attached hydrogens (primary N) is 1. The number of benzene rings is 1. The highest BCUT2D eigenvalue weighted by molar-refractivity contribution is 8.13. The maximum Gasteiger partial charge on any atom is 0.270 e. The van der Waals surface area contributed by atoms with Crippen LogP contribution < -0.4 is 5.73 Å². The molecule has 25 heavy (non-hydrogen) atoms. The molecule has 0 spiro atoms. The summed E-state index contributed by atoms with van der Waals surface area (Å²) in [6, 6.07) is 6.46. The van der Waals surface area contributed by atoms with E-state index in [1.54, 1.807) is 6.07 Å². The SMILES string of the molecule is CCSC(N)=NN=C(CCN1CCOCC1)c1cccc([N+](=O)[O-])c1. The molecular weight excluding hydrogens is 342 g/mol. The molecule has 0 aliphatic carbocycles. The van der Waals surface area contributed by atoms with Crippen molar-refractivity contribution in [2.45, 2.75) is 13.3 Å². The zero-order chi connectivity index (χ0) is 18.1. The largest absolute Gasteiger partial charge is 0.379 e. The fourth-order valence-corrected chi connectivity index (χ4v) is 2.82. The second-order valence-corrected chi connectivity index (χ2v) is 6.71. The first-order valence-electron chi connectivity index (χ1n) is 8.18. The van der Waals surface area contributed by atoms with E-state index in [1.807, 2.05) is 13.0 Å². The van der Waals surface area contributed by atoms with Gasteiger partial charge in [-0.15, -0.1) is 5.10 Å². The quantitative estimate of drug-likeness (QED) is 0.343. The minimum Gasteiger partial charge on any atom is -0.379 e. The van der Waals surface area contributed by atoms with Gasteiger partial charge in [0.25, 0.3) is 5.69 Å². The second-order valence-electron chi connectivity index (χ2n) is 5.43. The van der Waals surface area contributed by atoms with Gasteiger partial charge in [0.05, 0.1) is 23.8 Å². The molecule has 136 valence electrons. The van der Waals surface area contributed by atoms with Gasteiger partial charge in [0.15, 0.2) is 5.17 Å². The standard InChI is InChI=1S/C16H23N5O3S/c1-2-25-16(17)19-18-15(6-7-20-8-10-24-11-9-20)13-4-3-5-14(12-13)21(22)23/h3-5,12H,2,6-11H2,1H3,(H2,17,19).